The highest BCUT2D eigenvalue weighted by molar-refractivity contribution is 5.87. The van der Waals surface area contributed by atoms with E-state index < -0.39 is 5.97 Å². The van der Waals surface area contributed by atoms with Gasteiger partial charge in [0.05, 0.1) is 18.4 Å². The lowest BCUT2D eigenvalue weighted by Crippen LogP contribution is -2.21. The van der Waals surface area contributed by atoms with Crippen molar-refractivity contribution in [1.29, 1.82) is 0 Å². The van der Waals surface area contributed by atoms with Gasteiger partial charge < -0.3 is 9.84 Å². The molecule has 1 aliphatic heterocycles. The Morgan fingerprint density at radius 2 is 2.12 bits per heavy atom. The maximum atomic E-state index is 10.9. The van der Waals surface area contributed by atoms with Crippen LogP contribution in [0.2, 0.25) is 0 Å². The molecule has 1 fully saturated rings. The quantitative estimate of drug-likeness (QED) is 0.884. The van der Waals surface area contributed by atoms with Crippen LogP contribution in [0.15, 0.2) is 42.6 Å². The van der Waals surface area contributed by atoms with E-state index in [4.69, 9.17) is 9.84 Å². The third kappa shape index (κ3) is 4.11. The summed E-state index contributed by atoms with van der Waals surface area (Å²) in [6.07, 6.45) is 3.93. The SMILES string of the molecule is COc1ccnc(CN2CC[C@@H](Cc3ccc(C(=O)O)cc3)C2)c1. The fourth-order valence-corrected chi connectivity index (χ4v) is 3.24. The summed E-state index contributed by atoms with van der Waals surface area (Å²) < 4.78 is 5.25. The van der Waals surface area contributed by atoms with Crippen molar-refractivity contribution in [3.63, 3.8) is 0 Å². The summed E-state index contributed by atoms with van der Waals surface area (Å²) >= 11 is 0. The number of carbonyl (C=O) groups is 1. The van der Waals surface area contributed by atoms with Crippen molar-refractivity contribution in [1.82, 2.24) is 9.88 Å². The van der Waals surface area contributed by atoms with Gasteiger partial charge in [-0.3, -0.25) is 9.88 Å². The molecule has 1 aromatic carbocycles. The summed E-state index contributed by atoms with van der Waals surface area (Å²) in [5.74, 6) is 0.569. The van der Waals surface area contributed by atoms with Gasteiger partial charge in [0.1, 0.15) is 5.75 Å². The Balaban J connectivity index is 1.54. The second-order valence-corrected chi connectivity index (χ2v) is 6.28. The van der Waals surface area contributed by atoms with Gasteiger partial charge in [-0.15, -0.1) is 0 Å². The van der Waals surface area contributed by atoms with Gasteiger partial charge in [0.25, 0.3) is 0 Å². The lowest BCUT2D eigenvalue weighted by molar-refractivity contribution is 0.0697. The molecule has 24 heavy (non-hydrogen) atoms. The van der Waals surface area contributed by atoms with E-state index in [0.717, 1.165) is 43.9 Å². The largest absolute Gasteiger partial charge is 0.497 e. The summed E-state index contributed by atoms with van der Waals surface area (Å²) in [5.41, 5.74) is 2.57. The minimum absolute atomic E-state index is 0.343. The molecule has 0 amide bonds. The number of aromatic carboxylic acids is 1. The second kappa shape index (κ2) is 7.45. The number of likely N-dealkylation sites (tertiary alicyclic amines) is 1. The molecule has 2 heterocycles. The number of benzene rings is 1. The first-order chi connectivity index (χ1) is 11.6. The van der Waals surface area contributed by atoms with Crippen LogP contribution in [0.1, 0.15) is 28.0 Å². The maximum absolute atomic E-state index is 10.9. The van der Waals surface area contributed by atoms with Gasteiger partial charge in [-0.2, -0.15) is 0 Å². The molecule has 1 N–H and O–H groups in total. The van der Waals surface area contributed by atoms with Crippen LogP contribution < -0.4 is 4.74 Å². The van der Waals surface area contributed by atoms with Crippen LogP contribution in [0, 0.1) is 5.92 Å². The van der Waals surface area contributed by atoms with Gasteiger partial charge in [0, 0.05) is 25.4 Å². The monoisotopic (exact) mass is 326 g/mol. The number of rotatable bonds is 6. The third-order valence-electron chi connectivity index (χ3n) is 4.50. The zero-order valence-electron chi connectivity index (χ0n) is 13.8. The normalized spacial score (nSPS) is 17.8. The number of nitrogens with zero attached hydrogens (tertiary/aromatic N) is 2. The van der Waals surface area contributed by atoms with E-state index in [9.17, 15) is 4.79 Å². The van der Waals surface area contributed by atoms with E-state index in [1.165, 1.54) is 5.56 Å². The van der Waals surface area contributed by atoms with Crippen LogP contribution in [0.3, 0.4) is 0 Å². The lowest BCUT2D eigenvalue weighted by atomic mass is 9.98. The minimum atomic E-state index is -0.876. The Hall–Kier alpha value is -2.40. The molecule has 5 nitrogen and oxygen atoms in total. The molecule has 5 heteroatoms. The van der Waals surface area contributed by atoms with Crippen molar-refractivity contribution in [3.8, 4) is 5.75 Å². The molecule has 1 aliphatic rings. The molecule has 0 radical (unpaired) electrons. The Kier molecular flexibility index (Phi) is 5.11. The summed E-state index contributed by atoms with van der Waals surface area (Å²) in [5, 5.41) is 8.95. The number of hydrogen-bond donors (Lipinski definition) is 1. The number of pyridine rings is 1. The molecular weight excluding hydrogens is 304 g/mol. The minimum Gasteiger partial charge on any atom is -0.497 e. The first-order valence-corrected chi connectivity index (χ1v) is 8.17. The van der Waals surface area contributed by atoms with E-state index in [2.05, 4.69) is 9.88 Å². The number of methoxy groups -OCH3 is 1. The van der Waals surface area contributed by atoms with Crippen molar-refractivity contribution in [3.05, 3.63) is 59.4 Å². The highest BCUT2D eigenvalue weighted by atomic mass is 16.5. The molecule has 3 rings (SSSR count). The van der Waals surface area contributed by atoms with Crippen molar-refractivity contribution in [2.75, 3.05) is 20.2 Å². The van der Waals surface area contributed by atoms with Gasteiger partial charge in [-0.25, -0.2) is 4.79 Å². The summed E-state index contributed by atoms with van der Waals surface area (Å²) in [4.78, 5) is 17.7. The number of aromatic nitrogens is 1. The van der Waals surface area contributed by atoms with E-state index in [1.807, 2.05) is 24.3 Å². The molecule has 0 aliphatic carbocycles. The van der Waals surface area contributed by atoms with Crippen LogP contribution >= 0.6 is 0 Å². The zero-order chi connectivity index (χ0) is 16.9. The van der Waals surface area contributed by atoms with Crippen molar-refractivity contribution >= 4 is 5.97 Å². The van der Waals surface area contributed by atoms with Crippen molar-refractivity contribution in [2.45, 2.75) is 19.4 Å². The molecule has 2 aromatic rings. The molecule has 1 atom stereocenters. The molecule has 126 valence electrons. The Bertz CT molecular complexity index is 700. The molecule has 0 spiro atoms. The third-order valence-corrected chi connectivity index (χ3v) is 4.50. The standard InChI is InChI=1S/C19H22N2O3/c1-24-18-6-8-20-17(11-18)13-21-9-7-15(12-21)10-14-2-4-16(5-3-14)19(22)23/h2-6,8,11,15H,7,9-10,12-13H2,1H3,(H,22,23)/t15-/m0/s1. The highest BCUT2D eigenvalue weighted by Crippen LogP contribution is 2.23. The number of carboxylic acids is 1. The van der Waals surface area contributed by atoms with E-state index >= 15 is 0 Å². The number of ether oxygens (including phenoxy) is 1. The fraction of sp³-hybridized carbons (Fsp3) is 0.368. The van der Waals surface area contributed by atoms with Gasteiger partial charge in [-0.1, -0.05) is 12.1 Å². The van der Waals surface area contributed by atoms with Crippen molar-refractivity contribution in [2.24, 2.45) is 5.92 Å². The van der Waals surface area contributed by atoms with Gasteiger partial charge >= 0.3 is 5.97 Å². The summed E-state index contributed by atoms with van der Waals surface area (Å²) in [6.45, 7) is 2.95. The number of hydrogen-bond acceptors (Lipinski definition) is 4. The topological polar surface area (TPSA) is 62.7 Å². The Morgan fingerprint density at radius 3 is 2.83 bits per heavy atom. The van der Waals surface area contributed by atoms with Crippen LogP contribution in [0.25, 0.3) is 0 Å². The van der Waals surface area contributed by atoms with Crippen LogP contribution in [-0.2, 0) is 13.0 Å². The second-order valence-electron chi connectivity index (χ2n) is 6.28. The van der Waals surface area contributed by atoms with Crippen molar-refractivity contribution < 1.29 is 14.6 Å². The Labute approximate surface area is 141 Å². The van der Waals surface area contributed by atoms with E-state index in [1.54, 1.807) is 25.4 Å². The molecule has 1 saturated heterocycles. The van der Waals surface area contributed by atoms with Crippen LogP contribution in [0.4, 0.5) is 0 Å². The average molecular weight is 326 g/mol. The summed E-state index contributed by atoms with van der Waals surface area (Å²) in [6, 6.07) is 11.1. The van der Waals surface area contributed by atoms with Crippen LogP contribution in [0.5, 0.6) is 5.75 Å². The maximum Gasteiger partial charge on any atom is 0.335 e. The Morgan fingerprint density at radius 1 is 1.33 bits per heavy atom. The molecular formula is C19H22N2O3. The molecule has 0 bridgehead atoms. The molecule has 0 unspecified atom stereocenters. The molecule has 0 saturated carbocycles. The molecule has 1 aromatic heterocycles. The van der Waals surface area contributed by atoms with E-state index in [0.29, 0.717) is 11.5 Å². The first kappa shape index (κ1) is 16.5. The first-order valence-electron chi connectivity index (χ1n) is 8.17. The fourth-order valence-electron chi connectivity index (χ4n) is 3.24. The van der Waals surface area contributed by atoms with Gasteiger partial charge in [0.2, 0.25) is 0 Å². The zero-order valence-corrected chi connectivity index (χ0v) is 13.8. The predicted molar refractivity (Wildman–Crippen MR) is 91.3 cm³/mol. The summed E-state index contributed by atoms with van der Waals surface area (Å²) in [7, 11) is 1.67. The van der Waals surface area contributed by atoms with Crippen LogP contribution in [-0.4, -0.2) is 41.2 Å². The average Bonchev–Trinajstić information content (AvgIpc) is 3.02. The van der Waals surface area contributed by atoms with E-state index in [-0.39, 0.29) is 0 Å². The van der Waals surface area contributed by atoms with Gasteiger partial charge in [0.15, 0.2) is 0 Å². The lowest BCUT2D eigenvalue weighted by Gasteiger charge is -2.16. The smallest absolute Gasteiger partial charge is 0.335 e. The van der Waals surface area contributed by atoms with Gasteiger partial charge in [-0.05, 0) is 49.1 Å². The predicted octanol–water partition coefficient (Wildman–Crippen LogP) is 2.85. The number of carboxylic acid groups (broad SMARTS) is 1. The highest BCUT2D eigenvalue weighted by Gasteiger charge is 2.23.